The number of carbonyl (C=O) groups is 2. The highest BCUT2D eigenvalue weighted by molar-refractivity contribution is 7.22. The molecule has 10 heteroatoms. The van der Waals surface area contributed by atoms with Crippen molar-refractivity contribution in [2.45, 2.75) is 32.7 Å². The normalized spacial score (nSPS) is 17.9. The molecule has 1 atom stereocenters. The van der Waals surface area contributed by atoms with Crippen LogP contribution in [0.15, 0.2) is 35.4 Å². The SMILES string of the molecule is CCNC(=O)[C@@H]1CCCN(c2nc3ncn(CC(=O)N4CCc5ccccc54)c(=O)c3s2)C1. The first-order valence-electron chi connectivity index (χ1n) is 11.3. The molecule has 0 aliphatic carbocycles. The quantitative estimate of drug-likeness (QED) is 0.615. The first-order valence-corrected chi connectivity index (χ1v) is 12.1. The van der Waals surface area contributed by atoms with E-state index in [4.69, 9.17) is 0 Å². The number of benzene rings is 1. The predicted octanol–water partition coefficient (Wildman–Crippen LogP) is 1.79. The van der Waals surface area contributed by atoms with Gasteiger partial charge in [0.1, 0.15) is 17.6 Å². The van der Waals surface area contributed by atoms with Gasteiger partial charge in [0.15, 0.2) is 10.8 Å². The fourth-order valence-corrected chi connectivity index (χ4v) is 5.60. The van der Waals surface area contributed by atoms with Gasteiger partial charge in [-0.15, -0.1) is 0 Å². The van der Waals surface area contributed by atoms with Crippen molar-refractivity contribution in [2.75, 3.05) is 36.0 Å². The summed E-state index contributed by atoms with van der Waals surface area (Å²) in [7, 11) is 0. The van der Waals surface area contributed by atoms with E-state index < -0.39 is 0 Å². The fraction of sp³-hybridized carbons (Fsp3) is 0.435. The summed E-state index contributed by atoms with van der Waals surface area (Å²) in [5, 5.41) is 3.59. The molecule has 33 heavy (non-hydrogen) atoms. The first kappa shape index (κ1) is 21.6. The largest absolute Gasteiger partial charge is 0.356 e. The van der Waals surface area contributed by atoms with E-state index in [1.54, 1.807) is 4.90 Å². The van der Waals surface area contributed by atoms with E-state index in [9.17, 15) is 14.4 Å². The number of nitrogens with zero attached hydrogens (tertiary/aromatic N) is 5. The smallest absolute Gasteiger partial charge is 0.273 e. The van der Waals surface area contributed by atoms with E-state index >= 15 is 0 Å². The van der Waals surface area contributed by atoms with Crippen LogP contribution < -0.4 is 20.7 Å². The summed E-state index contributed by atoms with van der Waals surface area (Å²) in [4.78, 5) is 51.1. The number of fused-ring (bicyclic) bond motifs is 2. The average Bonchev–Trinajstić information content (AvgIpc) is 3.46. The molecule has 9 nitrogen and oxygen atoms in total. The summed E-state index contributed by atoms with van der Waals surface area (Å²) < 4.78 is 1.80. The Morgan fingerprint density at radius 2 is 2.09 bits per heavy atom. The van der Waals surface area contributed by atoms with Crippen molar-refractivity contribution in [2.24, 2.45) is 5.92 Å². The Hall–Kier alpha value is -3.27. The lowest BCUT2D eigenvalue weighted by atomic mass is 9.97. The maximum atomic E-state index is 13.1. The minimum absolute atomic E-state index is 0.0609. The van der Waals surface area contributed by atoms with Crippen molar-refractivity contribution < 1.29 is 9.59 Å². The molecule has 3 aromatic rings. The van der Waals surface area contributed by atoms with Gasteiger partial charge in [-0.2, -0.15) is 4.98 Å². The van der Waals surface area contributed by atoms with Crippen LogP contribution in [0, 0.1) is 5.92 Å². The van der Waals surface area contributed by atoms with Gasteiger partial charge in [-0.05, 0) is 37.8 Å². The van der Waals surface area contributed by atoms with E-state index in [1.165, 1.54) is 22.2 Å². The molecule has 2 aliphatic heterocycles. The third kappa shape index (κ3) is 4.10. The summed E-state index contributed by atoms with van der Waals surface area (Å²) in [6.07, 6.45) is 3.96. The van der Waals surface area contributed by atoms with Crippen LogP contribution in [0.1, 0.15) is 25.3 Å². The van der Waals surface area contributed by atoms with Crippen molar-refractivity contribution in [1.29, 1.82) is 0 Å². The summed E-state index contributed by atoms with van der Waals surface area (Å²) in [5.41, 5.74) is 2.18. The lowest BCUT2D eigenvalue weighted by molar-refractivity contribution is -0.125. The lowest BCUT2D eigenvalue weighted by Crippen LogP contribution is -2.43. The maximum absolute atomic E-state index is 13.1. The zero-order valence-corrected chi connectivity index (χ0v) is 19.3. The number of thiazole rings is 1. The molecule has 0 bridgehead atoms. The molecule has 0 unspecified atom stereocenters. The number of hydrogen-bond donors (Lipinski definition) is 1. The van der Waals surface area contributed by atoms with Crippen LogP contribution in [-0.4, -0.2) is 52.5 Å². The number of nitrogens with one attached hydrogen (secondary N) is 1. The zero-order valence-electron chi connectivity index (χ0n) is 18.5. The van der Waals surface area contributed by atoms with Gasteiger partial charge in [-0.3, -0.25) is 19.0 Å². The van der Waals surface area contributed by atoms with Crippen molar-refractivity contribution in [3.63, 3.8) is 0 Å². The number of amides is 2. The highest BCUT2D eigenvalue weighted by atomic mass is 32.1. The van der Waals surface area contributed by atoms with Crippen molar-refractivity contribution in [3.05, 3.63) is 46.5 Å². The topological polar surface area (TPSA) is 100 Å². The third-order valence-corrected chi connectivity index (χ3v) is 7.37. The van der Waals surface area contributed by atoms with Crippen LogP contribution >= 0.6 is 11.3 Å². The average molecular weight is 467 g/mol. The van der Waals surface area contributed by atoms with Crippen molar-refractivity contribution in [1.82, 2.24) is 19.9 Å². The number of aromatic nitrogens is 3. The Kier molecular flexibility index (Phi) is 5.84. The van der Waals surface area contributed by atoms with Gasteiger partial charge in [0, 0.05) is 31.9 Å². The Morgan fingerprint density at radius 1 is 1.24 bits per heavy atom. The van der Waals surface area contributed by atoms with Crippen molar-refractivity contribution >= 4 is 44.3 Å². The van der Waals surface area contributed by atoms with Gasteiger partial charge in [0.05, 0.1) is 5.92 Å². The van der Waals surface area contributed by atoms with E-state index in [-0.39, 0.29) is 29.8 Å². The molecule has 2 aromatic heterocycles. The molecule has 1 N–H and O–H groups in total. The number of rotatable bonds is 5. The van der Waals surface area contributed by atoms with Crippen LogP contribution in [0.4, 0.5) is 10.8 Å². The van der Waals surface area contributed by atoms with Gasteiger partial charge in [-0.25, -0.2) is 4.98 Å². The van der Waals surface area contributed by atoms with E-state index in [0.29, 0.717) is 35.1 Å². The number of para-hydroxylation sites is 1. The number of piperidine rings is 1. The molecule has 172 valence electrons. The number of carbonyl (C=O) groups excluding carboxylic acids is 2. The first-order chi connectivity index (χ1) is 16.0. The molecule has 5 rings (SSSR count). The summed E-state index contributed by atoms with van der Waals surface area (Å²) in [6, 6.07) is 7.85. The molecule has 0 spiro atoms. The van der Waals surface area contributed by atoms with Gasteiger partial charge >= 0.3 is 0 Å². The molecule has 0 saturated carbocycles. The molecule has 2 aliphatic rings. The van der Waals surface area contributed by atoms with Crippen LogP contribution in [0.5, 0.6) is 0 Å². The number of anilines is 2. The third-order valence-electron chi connectivity index (χ3n) is 6.28. The second-order valence-corrected chi connectivity index (χ2v) is 9.41. The Morgan fingerprint density at radius 3 is 2.94 bits per heavy atom. The van der Waals surface area contributed by atoms with Crippen LogP contribution in [0.3, 0.4) is 0 Å². The molecule has 1 aromatic carbocycles. The molecular weight excluding hydrogens is 440 g/mol. The highest BCUT2D eigenvalue weighted by Crippen LogP contribution is 2.30. The second kappa shape index (κ2) is 8.93. The molecule has 2 amide bonds. The molecule has 4 heterocycles. The van der Waals surface area contributed by atoms with Gasteiger partial charge in [0.2, 0.25) is 11.8 Å². The molecule has 1 fully saturated rings. The van der Waals surface area contributed by atoms with E-state index in [1.807, 2.05) is 31.2 Å². The highest BCUT2D eigenvalue weighted by Gasteiger charge is 2.28. The fourth-order valence-electron chi connectivity index (χ4n) is 4.59. The standard InChI is InChI=1S/C23H26N6O3S/c1-2-24-21(31)16-7-5-10-27(12-16)23-26-20-19(33-23)22(32)28(14-25-20)13-18(30)29-11-9-15-6-3-4-8-17(15)29/h3-4,6,8,14,16H,2,5,7,9-13H2,1H3,(H,24,31)/t16-/m1/s1. The Balaban J connectivity index is 1.35. The monoisotopic (exact) mass is 466 g/mol. The summed E-state index contributed by atoms with van der Waals surface area (Å²) in [5.74, 6) is -0.157. The van der Waals surface area contributed by atoms with Gasteiger partial charge in [-0.1, -0.05) is 29.5 Å². The number of hydrogen-bond acceptors (Lipinski definition) is 7. The molecule has 0 radical (unpaired) electrons. The van der Waals surface area contributed by atoms with Gasteiger partial charge in [0.25, 0.3) is 5.56 Å². The molecular formula is C23H26N6O3S. The van der Waals surface area contributed by atoms with E-state index in [2.05, 4.69) is 20.2 Å². The predicted molar refractivity (Wildman–Crippen MR) is 128 cm³/mol. The minimum Gasteiger partial charge on any atom is -0.356 e. The van der Waals surface area contributed by atoms with Gasteiger partial charge < -0.3 is 15.1 Å². The lowest BCUT2D eigenvalue weighted by Gasteiger charge is -2.31. The minimum atomic E-state index is -0.262. The maximum Gasteiger partial charge on any atom is 0.273 e. The Labute approximate surface area is 195 Å². The van der Waals surface area contributed by atoms with E-state index in [0.717, 1.165) is 37.1 Å². The summed E-state index contributed by atoms with van der Waals surface area (Å²) in [6.45, 7) is 4.45. The Bertz CT molecular complexity index is 1270. The van der Waals surface area contributed by atoms with Crippen molar-refractivity contribution in [3.8, 4) is 0 Å². The zero-order chi connectivity index (χ0) is 22.9. The molecule has 1 saturated heterocycles. The van der Waals surface area contributed by atoms with Crippen LogP contribution in [0.2, 0.25) is 0 Å². The van der Waals surface area contributed by atoms with Crippen LogP contribution in [0.25, 0.3) is 10.3 Å². The van der Waals surface area contributed by atoms with Crippen LogP contribution in [-0.2, 0) is 22.6 Å². The second-order valence-electron chi connectivity index (χ2n) is 8.43. The summed E-state index contributed by atoms with van der Waals surface area (Å²) >= 11 is 1.28.